The summed E-state index contributed by atoms with van der Waals surface area (Å²) in [6, 6.07) is 7.99. The van der Waals surface area contributed by atoms with Crippen LogP contribution in [0.25, 0.3) is 10.4 Å². The zero-order chi connectivity index (χ0) is 18.0. The topological polar surface area (TPSA) is 100.0 Å². The lowest BCUT2D eigenvalue weighted by Crippen LogP contribution is -2.31. The molecule has 0 heterocycles. The van der Waals surface area contributed by atoms with Crippen LogP contribution in [-0.2, 0) is 14.6 Å². The maximum Gasteiger partial charge on any atom is 0.188 e. The summed E-state index contributed by atoms with van der Waals surface area (Å²) in [6.07, 6.45) is 3.06. The Labute approximate surface area is 143 Å². The minimum Gasteiger partial charge on any atom is -0.298 e. The lowest BCUT2D eigenvalue weighted by Gasteiger charge is -2.18. The zero-order valence-corrected chi connectivity index (χ0v) is 14.7. The maximum atomic E-state index is 12.8. The second-order valence-corrected chi connectivity index (χ2v) is 7.87. The summed E-state index contributed by atoms with van der Waals surface area (Å²) in [5.74, 6) is -0.255. The lowest BCUT2D eigenvalue weighted by atomic mass is 9.98. The van der Waals surface area contributed by atoms with Crippen LogP contribution in [0.15, 0.2) is 53.0 Å². The molecule has 130 valence electrons. The van der Waals surface area contributed by atoms with Crippen molar-refractivity contribution in [3.05, 3.63) is 53.4 Å². The molecule has 0 spiro atoms. The van der Waals surface area contributed by atoms with Gasteiger partial charge in [0.05, 0.1) is 4.90 Å². The van der Waals surface area contributed by atoms with Gasteiger partial charge in [0, 0.05) is 17.9 Å². The first-order chi connectivity index (χ1) is 11.4. The number of hydrogen-bond acceptors (Lipinski definition) is 4. The molecular formula is C17H23N3O3S. The quantitative estimate of drug-likeness (QED) is 0.198. The van der Waals surface area contributed by atoms with E-state index in [0.717, 1.165) is 0 Å². The van der Waals surface area contributed by atoms with Gasteiger partial charge in [-0.25, -0.2) is 8.42 Å². The molecule has 0 radical (unpaired) electrons. The summed E-state index contributed by atoms with van der Waals surface area (Å²) < 4.78 is 25.7. The van der Waals surface area contributed by atoms with Crippen LogP contribution in [0.3, 0.4) is 0 Å². The number of sulfone groups is 1. The van der Waals surface area contributed by atoms with E-state index in [9.17, 15) is 13.2 Å². The molecule has 0 amide bonds. The van der Waals surface area contributed by atoms with Crippen molar-refractivity contribution in [3.63, 3.8) is 0 Å². The third-order valence-electron chi connectivity index (χ3n) is 3.71. The standard InChI is InChI=1S/C17H23N3O3S/c1-3-8-14(2)13-16(21)17(11-7-12-19-20-18)24(22,23)15-9-5-4-6-10-15/h3-6,9-10,14,17H,1,7-8,11-13H2,2H3/t14-,17?/m1/s1. The minimum atomic E-state index is -3.76. The minimum absolute atomic E-state index is 0.0422. The first-order valence-corrected chi connectivity index (χ1v) is 9.41. The van der Waals surface area contributed by atoms with Gasteiger partial charge in [-0.15, -0.1) is 6.58 Å². The van der Waals surface area contributed by atoms with E-state index in [-0.39, 0.29) is 36.0 Å². The van der Waals surface area contributed by atoms with Crippen molar-refractivity contribution in [3.8, 4) is 0 Å². The van der Waals surface area contributed by atoms with Crippen LogP contribution < -0.4 is 0 Å². The SMILES string of the molecule is C=CC[C@@H](C)CC(=O)C(CCCN=[N+]=[N-])S(=O)(=O)c1ccccc1. The smallest absolute Gasteiger partial charge is 0.188 e. The molecule has 1 aromatic carbocycles. The lowest BCUT2D eigenvalue weighted by molar-refractivity contribution is -0.119. The molecule has 0 N–H and O–H groups in total. The highest BCUT2D eigenvalue weighted by Gasteiger charge is 2.33. The van der Waals surface area contributed by atoms with Gasteiger partial charge in [0.2, 0.25) is 0 Å². The third-order valence-corrected chi connectivity index (χ3v) is 5.89. The Morgan fingerprint density at radius 3 is 2.62 bits per heavy atom. The number of rotatable bonds is 11. The highest BCUT2D eigenvalue weighted by molar-refractivity contribution is 7.92. The van der Waals surface area contributed by atoms with Crippen molar-refractivity contribution in [2.75, 3.05) is 6.54 Å². The van der Waals surface area contributed by atoms with E-state index < -0.39 is 15.1 Å². The van der Waals surface area contributed by atoms with E-state index in [1.54, 1.807) is 24.3 Å². The van der Waals surface area contributed by atoms with Gasteiger partial charge >= 0.3 is 0 Å². The van der Waals surface area contributed by atoms with E-state index in [1.807, 2.05) is 6.92 Å². The first kappa shape index (κ1) is 19.9. The fourth-order valence-corrected chi connectivity index (χ4v) is 4.28. The number of ketones is 1. The molecule has 0 bridgehead atoms. The molecule has 0 aromatic heterocycles. The number of azide groups is 1. The number of carbonyl (C=O) groups excluding carboxylic acids is 1. The highest BCUT2D eigenvalue weighted by Crippen LogP contribution is 2.23. The van der Waals surface area contributed by atoms with Gasteiger partial charge in [0.1, 0.15) is 5.25 Å². The fraction of sp³-hybridized carbons (Fsp3) is 0.471. The summed E-state index contributed by atoms with van der Waals surface area (Å²) >= 11 is 0. The highest BCUT2D eigenvalue weighted by atomic mass is 32.2. The summed E-state index contributed by atoms with van der Waals surface area (Å²) in [5, 5.41) is 2.30. The molecule has 0 aliphatic carbocycles. The third kappa shape index (κ3) is 5.83. The van der Waals surface area contributed by atoms with Crippen LogP contribution in [0.4, 0.5) is 0 Å². The van der Waals surface area contributed by atoms with E-state index >= 15 is 0 Å². The molecule has 6 nitrogen and oxygen atoms in total. The summed E-state index contributed by atoms with van der Waals surface area (Å²) in [4.78, 5) is 15.4. The average Bonchev–Trinajstić information content (AvgIpc) is 2.55. The molecule has 2 atom stereocenters. The Balaban J connectivity index is 3.01. The Hall–Kier alpha value is -2.11. The number of Topliss-reactive ketones (excluding diaryl/α,β-unsaturated/α-hetero) is 1. The Morgan fingerprint density at radius 1 is 1.38 bits per heavy atom. The van der Waals surface area contributed by atoms with Gasteiger partial charge in [0.25, 0.3) is 0 Å². The van der Waals surface area contributed by atoms with Gasteiger partial charge < -0.3 is 0 Å². The molecule has 0 saturated carbocycles. The van der Waals surface area contributed by atoms with E-state index in [1.165, 1.54) is 12.1 Å². The average molecular weight is 349 g/mol. The molecule has 7 heteroatoms. The Kier molecular flexibility index (Phi) is 8.22. The summed E-state index contributed by atoms with van der Waals surface area (Å²) in [5.41, 5.74) is 8.32. The fourth-order valence-electron chi connectivity index (χ4n) is 2.50. The molecule has 1 unspecified atom stereocenters. The second kappa shape index (κ2) is 9.90. The predicted octanol–water partition coefficient (Wildman–Crippen LogP) is 4.09. The first-order valence-electron chi connectivity index (χ1n) is 7.87. The normalized spacial score (nSPS) is 13.5. The predicted molar refractivity (Wildman–Crippen MR) is 94.3 cm³/mol. The Bertz CT molecular complexity index is 695. The van der Waals surface area contributed by atoms with E-state index in [4.69, 9.17) is 5.53 Å². The van der Waals surface area contributed by atoms with Crippen LogP contribution in [0, 0.1) is 5.92 Å². The van der Waals surface area contributed by atoms with Gasteiger partial charge in [-0.2, -0.15) is 0 Å². The van der Waals surface area contributed by atoms with Crippen LogP contribution in [-0.4, -0.2) is 26.0 Å². The van der Waals surface area contributed by atoms with Crippen LogP contribution >= 0.6 is 0 Å². The molecule has 24 heavy (non-hydrogen) atoms. The number of benzene rings is 1. The van der Waals surface area contributed by atoms with Crippen molar-refractivity contribution < 1.29 is 13.2 Å². The van der Waals surface area contributed by atoms with Crippen molar-refractivity contribution in [1.82, 2.24) is 0 Å². The van der Waals surface area contributed by atoms with Crippen molar-refractivity contribution >= 4 is 15.6 Å². The van der Waals surface area contributed by atoms with Gasteiger partial charge in [0.15, 0.2) is 15.6 Å². The van der Waals surface area contributed by atoms with Gasteiger partial charge in [-0.05, 0) is 42.8 Å². The monoisotopic (exact) mass is 349 g/mol. The van der Waals surface area contributed by atoms with Gasteiger partial charge in [-0.3, -0.25) is 4.79 Å². The van der Waals surface area contributed by atoms with Crippen molar-refractivity contribution in [2.24, 2.45) is 11.0 Å². The largest absolute Gasteiger partial charge is 0.298 e. The molecule has 0 aliphatic heterocycles. The zero-order valence-electron chi connectivity index (χ0n) is 13.8. The molecular weight excluding hydrogens is 326 g/mol. The summed E-state index contributed by atoms with van der Waals surface area (Å²) in [7, 11) is -3.76. The van der Waals surface area contributed by atoms with Gasteiger partial charge in [-0.1, -0.05) is 36.3 Å². The van der Waals surface area contributed by atoms with Crippen LogP contribution in [0.2, 0.25) is 0 Å². The molecule has 1 rings (SSSR count). The molecule has 1 aromatic rings. The Morgan fingerprint density at radius 2 is 2.04 bits per heavy atom. The molecule has 0 aliphatic rings. The van der Waals surface area contributed by atoms with Crippen molar-refractivity contribution in [1.29, 1.82) is 0 Å². The summed E-state index contributed by atoms with van der Waals surface area (Å²) in [6.45, 7) is 5.71. The molecule has 0 saturated heterocycles. The van der Waals surface area contributed by atoms with E-state index in [2.05, 4.69) is 16.6 Å². The van der Waals surface area contributed by atoms with Crippen LogP contribution in [0.1, 0.15) is 32.6 Å². The second-order valence-electron chi connectivity index (χ2n) is 5.74. The number of carbonyl (C=O) groups is 1. The molecule has 0 fully saturated rings. The van der Waals surface area contributed by atoms with Crippen molar-refractivity contribution in [2.45, 2.75) is 42.8 Å². The number of hydrogen-bond donors (Lipinski definition) is 0. The maximum absolute atomic E-state index is 12.8. The number of nitrogens with zero attached hydrogens (tertiary/aromatic N) is 3. The van der Waals surface area contributed by atoms with E-state index in [0.29, 0.717) is 12.8 Å². The van der Waals surface area contributed by atoms with Crippen LogP contribution in [0.5, 0.6) is 0 Å². The number of allylic oxidation sites excluding steroid dienone is 1.